The highest BCUT2D eigenvalue weighted by Crippen LogP contribution is 2.23. The molecule has 9 heteroatoms. The minimum Gasteiger partial charge on any atom is -0.465 e. The molecule has 1 heterocycles. The van der Waals surface area contributed by atoms with Gasteiger partial charge in [0.2, 0.25) is 10.0 Å². The van der Waals surface area contributed by atoms with Gasteiger partial charge in [-0.2, -0.15) is 0 Å². The number of nitrogens with one attached hydrogen (secondary N) is 2. The maximum Gasteiger partial charge on any atom is 0.337 e. The van der Waals surface area contributed by atoms with Crippen LogP contribution in [0.25, 0.3) is 0 Å². The third kappa shape index (κ3) is 5.32. The summed E-state index contributed by atoms with van der Waals surface area (Å²) in [7, 11) is -2.44. The van der Waals surface area contributed by atoms with E-state index >= 15 is 0 Å². The molecule has 0 radical (unpaired) electrons. The summed E-state index contributed by atoms with van der Waals surface area (Å²) < 4.78 is 31.6. The average Bonchev–Trinajstić information content (AvgIpc) is 2.99. The van der Waals surface area contributed by atoms with Gasteiger partial charge < -0.3 is 10.1 Å². The van der Waals surface area contributed by atoms with E-state index in [9.17, 15) is 13.2 Å². The molecule has 0 saturated carbocycles. The first-order valence-electron chi connectivity index (χ1n) is 7.02. The zero-order chi connectivity index (χ0) is 16.2. The Hall–Kier alpha value is -0.860. The maximum atomic E-state index is 12.3. The van der Waals surface area contributed by atoms with Crippen LogP contribution in [0, 0.1) is 5.92 Å². The molecule has 1 aliphatic rings. The fraction of sp³-hybridized carbons (Fsp3) is 0.500. The predicted octanol–water partition coefficient (Wildman–Crippen LogP) is 1.83. The van der Waals surface area contributed by atoms with E-state index < -0.39 is 16.0 Å². The van der Waals surface area contributed by atoms with Crippen molar-refractivity contribution < 1.29 is 17.9 Å². The molecule has 1 atom stereocenters. The van der Waals surface area contributed by atoms with Gasteiger partial charge in [0.15, 0.2) is 0 Å². The zero-order valence-corrected chi connectivity index (χ0v) is 15.1. The molecule has 1 aliphatic heterocycles. The molecule has 1 fully saturated rings. The van der Waals surface area contributed by atoms with Gasteiger partial charge in [-0.05, 0) is 50.0 Å². The van der Waals surface area contributed by atoms with Gasteiger partial charge in [0.1, 0.15) is 4.90 Å². The number of hydrogen-bond donors (Lipinski definition) is 2. The van der Waals surface area contributed by atoms with Gasteiger partial charge in [-0.1, -0.05) is 11.6 Å². The van der Waals surface area contributed by atoms with Crippen LogP contribution < -0.4 is 10.0 Å². The molecule has 0 aromatic heterocycles. The summed E-state index contributed by atoms with van der Waals surface area (Å²) in [5, 5.41) is 3.24. The maximum absolute atomic E-state index is 12.3. The fourth-order valence-corrected chi connectivity index (χ4v) is 3.99. The Morgan fingerprint density at radius 1 is 1.48 bits per heavy atom. The molecule has 23 heavy (non-hydrogen) atoms. The van der Waals surface area contributed by atoms with Crippen LogP contribution in [-0.2, 0) is 14.8 Å². The van der Waals surface area contributed by atoms with Crippen LogP contribution in [0.15, 0.2) is 23.1 Å². The first kappa shape index (κ1) is 20.2. The van der Waals surface area contributed by atoms with Crippen LogP contribution in [0.3, 0.4) is 0 Å². The Morgan fingerprint density at radius 3 is 2.78 bits per heavy atom. The number of hydrogen-bond acceptors (Lipinski definition) is 5. The van der Waals surface area contributed by atoms with Crippen molar-refractivity contribution >= 4 is 40.0 Å². The van der Waals surface area contributed by atoms with Crippen molar-refractivity contribution in [3.8, 4) is 0 Å². The van der Waals surface area contributed by atoms with Crippen molar-refractivity contribution in [1.29, 1.82) is 0 Å². The summed E-state index contributed by atoms with van der Waals surface area (Å²) >= 11 is 5.98. The van der Waals surface area contributed by atoms with E-state index in [1.165, 1.54) is 25.3 Å². The third-order valence-electron chi connectivity index (χ3n) is 3.65. The lowest BCUT2D eigenvalue weighted by atomic mass is 10.1. The van der Waals surface area contributed by atoms with E-state index in [0.29, 0.717) is 12.5 Å². The Morgan fingerprint density at radius 2 is 2.22 bits per heavy atom. The van der Waals surface area contributed by atoms with Crippen molar-refractivity contribution in [2.24, 2.45) is 5.92 Å². The number of carbonyl (C=O) groups excluding carboxylic acids is 1. The van der Waals surface area contributed by atoms with E-state index in [4.69, 9.17) is 11.6 Å². The molecule has 1 aromatic carbocycles. The molecule has 0 amide bonds. The van der Waals surface area contributed by atoms with E-state index in [2.05, 4.69) is 14.8 Å². The summed E-state index contributed by atoms with van der Waals surface area (Å²) in [6, 6.07) is 3.99. The molecule has 1 unspecified atom stereocenters. The highest BCUT2D eigenvalue weighted by Gasteiger charge is 2.21. The molecule has 0 aliphatic carbocycles. The summed E-state index contributed by atoms with van der Waals surface area (Å²) in [5.41, 5.74) is 0.212. The molecular weight excluding hydrogens is 363 g/mol. The number of benzene rings is 1. The Bertz CT molecular complexity index is 646. The van der Waals surface area contributed by atoms with Crippen molar-refractivity contribution in [1.82, 2.24) is 10.0 Å². The topological polar surface area (TPSA) is 84.5 Å². The summed E-state index contributed by atoms with van der Waals surface area (Å²) in [4.78, 5) is 11.4. The second-order valence-corrected chi connectivity index (χ2v) is 7.32. The number of esters is 1. The second-order valence-electron chi connectivity index (χ2n) is 5.18. The minimum atomic E-state index is -3.69. The number of methoxy groups -OCH3 is 1. The molecule has 0 spiro atoms. The van der Waals surface area contributed by atoms with Crippen LogP contribution in [0.1, 0.15) is 23.2 Å². The molecule has 0 bridgehead atoms. The Kier molecular flexibility index (Phi) is 7.76. The van der Waals surface area contributed by atoms with Crippen molar-refractivity contribution in [3.05, 3.63) is 28.8 Å². The molecule has 2 N–H and O–H groups in total. The molecular formula is C14H20Cl2N2O4S. The van der Waals surface area contributed by atoms with Gasteiger partial charge in [-0.3, -0.25) is 0 Å². The zero-order valence-electron chi connectivity index (χ0n) is 12.7. The quantitative estimate of drug-likeness (QED) is 0.733. The molecule has 1 saturated heterocycles. The van der Waals surface area contributed by atoms with Crippen molar-refractivity contribution in [3.63, 3.8) is 0 Å². The second kappa shape index (κ2) is 8.84. The van der Waals surface area contributed by atoms with Gasteiger partial charge in [-0.25, -0.2) is 17.9 Å². The van der Waals surface area contributed by atoms with Gasteiger partial charge >= 0.3 is 5.97 Å². The lowest BCUT2D eigenvalue weighted by Crippen LogP contribution is -2.27. The van der Waals surface area contributed by atoms with Gasteiger partial charge in [-0.15, -0.1) is 12.4 Å². The van der Waals surface area contributed by atoms with E-state index in [1.54, 1.807) is 0 Å². The SMILES string of the molecule is COC(=O)c1ccc(S(=O)(=O)NCCC2CCNC2)c(Cl)c1.Cl. The molecule has 6 nitrogen and oxygen atoms in total. The van der Waals surface area contributed by atoms with Crippen LogP contribution in [-0.4, -0.2) is 41.1 Å². The highest BCUT2D eigenvalue weighted by molar-refractivity contribution is 7.89. The number of rotatable bonds is 6. The van der Waals surface area contributed by atoms with Gasteiger partial charge in [0, 0.05) is 6.54 Å². The number of ether oxygens (including phenoxy) is 1. The first-order chi connectivity index (χ1) is 10.4. The third-order valence-corrected chi connectivity index (χ3v) is 5.59. The van der Waals surface area contributed by atoms with Gasteiger partial charge in [0.25, 0.3) is 0 Å². The fourth-order valence-electron chi connectivity index (χ4n) is 2.40. The average molecular weight is 383 g/mol. The van der Waals surface area contributed by atoms with Gasteiger partial charge in [0.05, 0.1) is 17.7 Å². The van der Waals surface area contributed by atoms with Crippen LogP contribution in [0.2, 0.25) is 5.02 Å². The highest BCUT2D eigenvalue weighted by atomic mass is 35.5. The smallest absolute Gasteiger partial charge is 0.337 e. The largest absolute Gasteiger partial charge is 0.465 e. The lowest BCUT2D eigenvalue weighted by Gasteiger charge is -2.11. The Balaban J connectivity index is 0.00000264. The van der Waals surface area contributed by atoms with Crippen molar-refractivity contribution in [2.45, 2.75) is 17.7 Å². The normalized spacial score (nSPS) is 17.6. The monoisotopic (exact) mass is 382 g/mol. The summed E-state index contributed by atoms with van der Waals surface area (Å²) in [6.45, 7) is 2.28. The lowest BCUT2D eigenvalue weighted by molar-refractivity contribution is 0.0600. The van der Waals surface area contributed by atoms with Crippen LogP contribution >= 0.6 is 24.0 Å². The first-order valence-corrected chi connectivity index (χ1v) is 8.88. The standard InChI is InChI=1S/C14H19ClN2O4S.ClH/c1-21-14(18)11-2-3-13(12(15)8-11)22(19,20)17-7-5-10-4-6-16-9-10;/h2-3,8,10,16-17H,4-7,9H2,1H3;1H. The summed E-state index contributed by atoms with van der Waals surface area (Å²) in [5.74, 6) is -0.0626. The van der Waals surface area contributed by atoms with Crippen molar-refractivity contribution in [2.75, 3.05) is 26.7 Å². The summed E-state index contributed by atoms with van der Waals surface area (Å²) in [6.07, 6.45) is 1.85. The molecule has 2 rings (SSSR count). The minimum absolute atomic E-state index is 0. The van der Waals surface area contributed by atoms with Crippen LogP contribution in [0.5, 0.6) is 0 Å². The predicted molar refractivity (Wildman–Crippen MR) is 90.8 cm³/mol. The Labute approximate surface area is 147 Å². The van der Waals surface area contributed by atoms with E-state index in [-0.39, 0.29) is 27.9 Å². The number of carbonyl (C=O) groups is 1. The molecule has 1 aromatic rings. The number of halogens is 2. The van der Waals surface area contributed by atoms with E-state index in [0.717, 1.165) is 25.9 Å². The molecule has 130 valence electrons. The van der Waals surface area contributed by atoms with E-state index in [1.807, 2.05) is 0 Å². The number of sulfonamides is 1. The van der Waals surface area contributed by atoms with Crippen LogP contribution in [0.4, 0.5) is 0 Å².